The number of aliphatic carboxylic acids is 1. The molecule has 0 saturated carbocycles. The molecule has 0 aromatic heterocycles. The first-order valence-corrected chi connectivity index (χ1v) is 6.39. The summed E-state index contributed by atoms with van der Waals surface area (Å²) in [5.41, 5.74) is -0.147. The van der Waals surface area contributed by atoms with Crippen LogP contribution in [0, 0.1) is 10.1 Å². The predicted octanol–water partition coefficient (Wildman–Crippen LogP) is 0.529. The molecule has 1 atom stereocenters. The zero-order valence-corrected chi connectivity index (χ0v) is 11.7. The lowest BCUT2D eigenvalue weighted by molar-refractivity contribution is -0.385. The van der Waals surface area contributed by atoms with Crippen LogP contribution in [0.15, 0.2) is 18.2 Å². The van der Waals surface area contributed by atoms with Crippen LogP contribution >= 0.6 is 0 Å². The van der Waals surface area contributed by atoms with Gasteiger partial charge >= 0.3 is 11.7 Å². The number of ether oxygens (including phenoxy) is 2. The zero-order valence-electron chi connectivity index (χ0n) is 11.7. The molecule has 2 rings (SSSR count). The minimum Gasteiger partial charge on any atom is -0.490 e. The average molecular weight is 310 g/mol. The van der Waals surface area contributed by atoms with Gasteiger partial charge in [0.25, 0.3) is 5.91 Å². The highest BCUT2D eigenvalue weighted by Gasteiger charge is 2.33. The van der Waals surface area contributed by atoms with E-state index in [4.69, 9.17) is 14.6 Å². The molecule has 1 aromatic rings. The molecule has 1 aromatic carbocycles. The number of carboxylic acids is 1. The number of hydrogen-bond donors (Lipinski definition) is 1. The maximum atomic E-state index is 12.4. The molecule has 9 nitrogen and oxygen atoms in total. The molecule has 0 aliphatic carbocycles. The van der Waals surface area contributed by atoms with Gasteiger partial charge in [-0.15, -0.1) is 0 Å². The summed E-state index contributed by atoms with van der Waals surface area (Å²) in [4.78, 5) is 35.0. The Bertz CT molecular complexity index is 616. The fourth-order valence-corrected chi connectivity index (χ4v) is 2.18. The molecule has 22 heavy (non-hydrogen) atoms. The highest BCUT2D eigenvalue weighted by molar-refractivity contribution is 5.97. The third-order valence-electron chi connectivity index (χ3n) is 3.30. The van der Waals surface area contributed by atoms with Crippen molar-refractivity contribution >= 4 is 17.6 Å². The van der Waals surface area contributed by atoms with Gasteiger partial charge < -0.3 is 19.5 Å². The van der Waals surface area contributed by atoms with Gasteiger partial charge in [-0.3, -0.25) is 14.9 Å². The number of hydrogen-bond acceptors (Lipinski definition) is 6. The molecular weight excluding hydrogens is 296 g/mol. The topological polar surface area (TPSA) is 119 Å². The molecule has 1 saturated heterocycles. The van der Waals surface area contributed by atoms with Gasteiger partial charge in [-0.1, -0.05) is 0 Å². The van der Waals surface area contributed by atoms with Crippen molar-refractivity contribution in [3.8, 4) is 5.75 Å². The van der Waals surface area contributed by atoms with E-state index in [1.807, 2.05) is 0 Å². The molecular formula is C13H14N2O7. The van der Waals surface area contributed by atoms with Crippen LogP contribution in [0.2, 0.25) is 0 Å². The van der Waals surface area contributed by atoms with Gasteiger partial charge in [0.05, 0.1) is 25.2 Å². The Balaban J connectivity index is 2.32. The van der Waals surface area contributed by atoms with E-state index < -0.39 is 22.8 Å². The van der Waals surface area contributed by atoms with E-state index in [-0.39, 0.29) is 36.8 Å². The van der Waals surface area contributed by atoms with Gasteiger partial charge in [-0.25, -0.2) is 4.79 Å². The number of amides is 1. The van der Waals surface area contributed by atoms with Crippen LogP contribution < -0.4 is 4.74 Å². The van der Waals surface area contributed by atoms with Gasteiger partial charge in [0.1, 0.15) is 0 Å². The van der Waals surface area contributed by atoms with E-state index in [2.05, 4.69) is 0 Å². The van der Waals surface area contributed by atoms with Crippen molar-refractivity contribution in [1.82, 2.24) is 4.90 Å². The lowest BCUT2D eigenvalue weighted by atomic mass is 10.1. The second kappa shape index (κ2) is 6.39. The van der Waals surface area contributed by atoms with Crippen molar-refractivity contribution in [1.29, 1.82) is 0 Å². The van der Waals surface area contributed by atoms with Gasteiger partial charge in [-0.05, 0) is 6.07 Å². The summed E-state index contributed by atoms with van der Waals surface area (Å²) in [6, 6.07) is 2.58. The molecule has 0 radical (unpaired) electrons. The third kappa shape index (κ3) is 2.98. The molecule has 1 aliphatic heterocycles. The van der Waals surface area contributed by atoms with E-state index in [1.54, 1.807) is 0 Å². The van der Waals surface area contributed by atoms with Gasteiger partial charge in [0.2, 0.25) is 0 Å². The molecule has 9 heteroatoms. The summed E-state index contributed by atoms with van der Waals surface area (Å²) in [7, 11) is 1.26. The molecule has 118 valence electrons. The minimum absolute atomic E-state index is 0.0593. The fourth-order valence-electron chi connectivity index (χ4n) is 2.18. The van der Waals surface area contributed by atoms with Crippen LogP contribution in [0.25, 0.3) is 0 Å². The van der Waals surface area contributed by atoms with Crippen molar-refractivity contribution in [2.45, 2.75) is 6.04 Å². The Labute approximate surface area is 125 Å². The van der Waals surface area contributed by atoms with Crippen LogP contribution in [-0.4, -0.2) is 59.7 Å². The summed E-state index contributed by atoms with van der Waals surface area (Å²) in [6.07, 6.45) is 0. The van der Waals surface area contributed by atoms with E-state index in [9.17, 15) is 19.7 Å². The van der Waals surface area contributed by atoms with E-state index in [0.29, 0.717) is 0 Å². The number of morpholine rings is 1. The van der Waals surface area contributed by atoms with Crippen LogP contribution in [0.5, 0.6) is 5.75 Å². The number of nitrogens with zero attached hydrogens (tertiary/aromatic N) is 2. The first-order valence-electron chi connectivity index (χ1n) is 6.39. The first kappa shape index (κ1) is 15.7. The maximum Gasteiger partial charge on any atom is 0.328 e. The van der Waals surface area contributed by atoms with Gasteiger partial charge in [0, 0.05) is 24.2 Å². The van der Waals surface area contributed by atoms with Crippen molar-refractivity contribution in [3.05, 3.63) is 33.9 Å². The maximum absolute atomic E-state index is 12.4. The summed E-state index contributed by atoms with van der Waals surface area (Å²) >= 11 is 0. The normalized spacial score (nSPS) is 17.9. The Morgan fingerprint density at radius 2 is 2.23 bits per heavy atom. The lowest BCUT2D eigenvalue weighted by Gasteiger charge is -2.32. The predicted molar refractivity (Wildman–Crippen MR) is 72.9 cm³/mol. The number of rotatable bonds is 4. The Hall–Kier alpha value is -2.68. The summed E-state index contributed by atoms with van der Waals surface area (Å²) in [5.74, 6) is -1.76. The molecule has 1 heterocycles. The Kier molecular flexibility index (Phi) is 4.56. The lowest BCUT2D eigenvalue weighted by Crippen LogP contribution is -2.52. The minimum atomic E-state index is -1.16. The summed E-state index contributed by atoms with van der Waals surface area (Å²) in [6.45, 7) is 0.278. The van der Waals surface area contributed by atoms with Crippen molar-refractivity contribution in [3.63, 3.8) is 0 Å². The number of carbonyl (C=O) groups is 2. The van der Waals surface area contributed by atoms with Crippen molar-refractivity contribution in [2.75, 3.05) is 26.9 Å². The van der Waals surface area contributed by atoms with E-state index in [0.717, 1.165) is 6.07 Å². The van der Waals surface area contributed by atoms with Crippen LogP contribution in [0.4, 0.5) is 5.69 Å². The highest BCUT2D eigenvalue weighted by Crippen LogP contribution is 2.28. The molecule has 1 N–H and O–H groups in total. The quantitative estimate of drug-likeness (QED) is 0.636. The number of benzene rings is 1. The smallest absolute Gasteiger partial charge is 0.328 e. The molecule has 0 bridgehead atoms. The standard InChI is InChI=1S/C13H14N2O7/c1-21-11-6-8(2-3-9(11)15(19)20)12(16)14-4-5-22-7-10(14)13(17)18/h2-3,6,10H,4-5,7H2,1H3,(H,17,18). The molecule has 0 spiro atoms. The zero-order chi connectivity index (χ0) is 16.3. The SMILES string of the molecule is COc1cc(C(=O)N2CCOCC2C(=O)O)ccc1[N+](=O)[O-]. The number of nitro groups is 1. The third-order valence-corrected chi connectivity index (χ3v) is 3.30. The Morgan fingerprint density at radius 3 is 2.82 bits per heavy atom. The van der Waals surface area contributed by atoms with Crippen molar-refractivity contribution < 1.29 is 29.1 Å². The first-order chi connectivity index (χ1) is 10.5. The van der Waals surface area contributed by atoms with Crippen LogP contribution in [0.1, 0.15) is 10.4 Å². The Morgan fingerprint density at radius 1 is 1.50 bits per heavy atom. The summed E-state index contributed by atoms with van der Waals surface area (Å²) in [5, 5.41) is 20.0. The molecule has 1 fully saturated rings. The van der Waals surface area contributed by atoms with Gasteiger partial charge in [0.15, 0.2) is 11.8 Å². The number of nitro benzene ring substituents is 1. The monoisotopic (exact) mass is 310 g/mol. The number of carboxylic acid groups (broad SMARTS) is 1. The van der Waals surface area contributed by atoms with E-state index in [1.165, 1.54) is 24.1 Å². The van der Waals surface area contributed by atoms with Crippen LogP contribution in [-0.2, 0) is 9.53 Å². The largest absolute Gasteiger partial charge is 0.490 e. The second-order valence-corrected chi connectivity index (χ2v) is 4.57. The number of carbonyl (C=O) groups excluding carboxylic acids is 1. The van der Waals surface area contributed by atoms with Gasteiger partial charge in [-0.2, -0.15) is 0 Å². The van der Waals surface area contributed by atoms with Crippen molar-refractivity contribution in [2.24, 2.45) is 0 Å². The highest BCUT2D eigenvalue weighted by atomic mass is 16.6. The fraction of sp³-hybridized carbons (Fsp3) is 0.385. The average Bonchev–Trinajstić information content (AvgIpc) is 2.53. The van der Waals surface area contributed by atoms with E-state index >= 15 is 0 Å². The molecule has 1 amide bonds. The second-order valence-electron chi connectivity index (χ2n) is 4.57. The van der Waals surface area contributed by atoms with Crippen LogP contribution in [0.3, 0.4) is 0 Å². The number of methoxy groups -OCH3 is 1. The summed E-state index contributed by atoms with van der Waals surface area (Å²) < 4.78 is 9.97. The molecule has 1 aliphatic rings. The molecule has 1 unspecified atom stereocenters.